The number of ether oxygens (including phenoxy) is 1. The molecule has 0 spiro atoms. The van der Waals surface area contributed by atoms with Crippen molar-refractivity contribution in [1.82, 2.24) is 5.32 Å². The third-order valence-electron chi connectivity index (χ3n) is 2.63. The van der Waals surface area contributed by atoms with Crippen LogP contribution in [0.2, 0.25) is 0 Å². The average molecular weight is 327 g/mol. The van der Waals surface area contributed by atoms with Gasteiger partial charge in [-0.3, -0.25) is 0 Å². The Hall–Kier alpha value is -1.58. The first kappa shape index (κ1) is 18.5. The Labute approximate surface area is 130 Å². The summed E-state index contributed by atoms with van der Waals surface area (Å²) in [5, 5.41) is 2.71. The van der Waals surface area contributed by atoms with Gasteiger partial charge in [-0.15, -0.1) is 0 Å². The van der Waals surface area contributed by atoms with Gasteiger partial charge in [0.25, 0.3) is 0 Å². The molecule has 120 valence electrons. The van der Waals surface area contributed by atoms with E-state index < -0.39 is 22.1 Å². The third-order valence-corrected chi connectivity index (χ3v) is 3.19. The van der Waals surface area contributed by atoms with Gasteiger partial charge in [-0.1, -0.05) is 0 Å². The predicted octanol–water partition coefficient (Wildman–Crippen LogP) is 0.0615. The maximum absolute atomic E-state index is 11.8. The van der Waals surface area contributed by atoms with Crippen LogP contribution in [0.5, 0.6) is 0 Å². The fraction of sp³-hybridized carbons (Fsp3) is 0.462. The fourth-order valence-corrected chi connectivity index (χ4v) is 2.02. The molecule has 0 aromatic heterocycles. The molecule has 0 radical (unpaired) electrons. The molecule has 1 atom stereocenters. The van der Waals surface area contributed by atoms with Crippen molar-refractivity contribution >= 4 is 23.2 Å². The molecule has 22 heavy (non-hydrogen) atoms. The normalized spacial score (nSPS) is 12.4. The third kappa shape index (κ3) is 8.65. The summed E-state index contributed by atoms with van der Waals surface area (Å²) < 4.78 is 42.0. The predicted molar refractivity (Wildman–Crippen MR) is 79.9 cm³/mol. The molecule has 1 unspecified atom stereocenters. The van der Waals surface area contributed by atoms with Crippen molar-refractivity contribution in [3.8, 4) is 0 Å². The van der Waals surface area contributed by atoms with Gasteiger partial charge in [-0.05, 0) is 0 Å². The zero-order valence-corrected chi connectivity index (χ0v) is 13.0. The minimum atomic E-state index is -3.62. The average Bonchev–Trinajstić information content (AvgIpc) is 2.48. The second-order valence-electron chi connectivity index (χ2n) is 4.61. The topological polar surface area (TPSA) is 98.8 Å². The summed E-state index contributed by atoms with van der Waals surface area (Å²) in [6, 6.07) is 8.54. The summed E-state index contributed by atoms with van der Waals surface area (Å²) in [5.74, 6) is -0.510. The minimum absolute atomic E-state index is 0.0102. The van der Waals surface area contributed by atoms with Gasteiger partial charge in [-0.2, -0.15) is 0 Å². The molecule has 0 fully saturated rings. The van der Waals surface area contributed by atoms with Crippen LogP contribution in [0.3, 0.4) is 0 Å². The molecule has 0 saturated carbocycles. The monoisotopic (exact) mass is 327 g/mol. The van der Waals surface area contributed by atoms with Crippen LogP contribution in [-0.4, -0.2) is 46.9 Å². The van der Waals surface area contributed by atoms with E-state index in [1.165, 1.54) is 0 Å². The van der Waals surface area contributed by atoms with Crippen LogP contribution < -0.4 is 5.32 Å². The van der Waals surface area contributed by atoms with Crippen molar-refractivity contribution in [2.45, 2.75) is 19.1 Å². The molecule has 0 amide bonds. The molecule has 0 aliphatic rings. The van der Waals surface area contributed by atoms with E-state index in [4.69, 9.17) is 4.74 Å². The van der Waals surface area contributed by atoms with Crippen LogP contribution in [-0.2, 0) is 35.1 Å². The first-order valence-electron chi connectivity index (χ1n) is 6.61. The number of rotatable bonds is 10. The van der Waals surface area contributed by atoms with Gasteiger partial charge in [0.05, 0.1) is 0 Å². The Morgan fingerprint density at radius 1 is 1.32 bits per heavy atom. The standard InChI is InChI=1S/C13H18BNO6S/c1-22(18,19)21-9-12(15-10-14-17)7-13(16)20-8-11-5-3-2-4-6-11/h2-6,12,15H,7-10H2,1H3. The Balaban J connectivity index is 2.45. The summed E-state index contributed by atoms with van der Waals surface area (Å²) in [5.41, 5.74) is 0.848. The van der Waals surface area contributed by atoms with Gasteiger partial charge in [0.15, 0.2) is 0 Å². The van der Waals surface area contributed by atoms with Crippen LogP contribution in [0.15, 0.2) is 30.3 Å². The number of nitrogens with one attached hydrogen (secondary N) is 1. The summed E-state index contributed by atoms with van der Waals surface area (Å²) in [6.07, 6.45) is 0.803. The molecular weight excluding hydrogens is 309 g/mol. The fourth-order valence-electron chi connectivity index (χ4n) is 1.61. The number of benzene rings is 1. The van der Waals surface area contributed by atoms with Crippen LogP contribution in [0, 0.1) is 0 Å². The Morgan fingerprint density at radius 3 is 2.59 bits per heavy atom. The van der Waals surface area contributed by atoms with Crippen molar-refractivity contribution in [3.63, 3.8) is 0 Å². The van der Waals surface area contributed by atoms with Gasteiger partial charge in [0.1, 0.15) is 0 Å². The molecule has 0 bridgehead atoms. The van der Waals surface area contributed by atoms with Gasteiger partial charge in [0.2, 0.25) is 0 Å². The van der Waals surface area contributed by atoms with E-state index in [0.717, 1.165) is 11.8 Å². The van der Waals surface area contributed by atoms with Crippen molar-refractivity contribution in [2.75, 3.05) is 19.3 Å². The first-order chi connectivity index (χ1) is 10.4. The number of hydrogen-bond acceptors (Lipinski definition) is 7. The van der Waals surface area contributed by atoms with Gasteiger partial charge in [0, 0.05) is 0 Å². The molecule has 1 N–H and O–H groups in total. The van der Waals surface area contributed by atoms with E-state index in [2.05, 4.69) is 9.50 Å². The van der Waals surface area contributed by atoms with Gasteiger partial charge < -0.3 is 0 Å². The van der Waals surface area contributed by atoms with Gasteiger partial charge >= 0.3 is 130 Å². The second kappa shape index (κ2) is 9.44. The van der Waals surface area contributed by atoms with Crippen molar-refractivity contribution in [3.05, 3.63) is 35.9 Å². The molecule has 1 aromatic carbocycles. The quantitative estimate of drug-likeness (QED) is 0.369. The van der Waals surface area contributed by atoms with Crippen molar-refractivity contribution < 1.29 is 26.8 Å². The maximum atomic E-state index is 11.8. The van der Waals surface area contributed by atoms with E-state index in [-0.39, 0.29) is 26.1 Å². The molecule has 0 aliphatic carbocycles. The number of carbonyl (C=O) groups excluding carboxylic acids is 1. The van der Waals surface area contributed by atoms with Gasteiger partial charge in [-0.25, -0.2) is 0 Å². The molecule has 1 aromatic rings. The van der Waals surface area contributed by atoms with E-state index in [1.807, 2.05) is 30.3 Å². The van der Waals surface area contributed by atoms with Crippen LogP contribution in [0.25, 0.3) is 0 Å². The van der Waals surface area contributed by atoms with Crippen LogP contribution >= 0.6 is 0 Å². The van der Waals surface area contributed by atoms with E-state index in [0.29, 0.717) is 7.15 Å². The second-order valence-corrected chi connectivity index (χ2v) is 6.25. The number of hydrogen-bond donors (Lipinski definition) is 1. The summed E-state index contributed by atoms with van der Waals surface area (Å²) in [4.78, 5) is 11.8. The van der Waals surface area contributed by atoms with Crippen molar-refractivity contribution in [2.24, 2.45) is 0 Å². The Kier molecular flexibility index (Phi) is 7.93. The molecule has 0 saturated heterocycles. The van der Waals surface area contributed by atoms with E-state index in [9.17, 15) is 17.9 Å². The van der Waals surface area contributed by atoms with Crippen molar-refractivity contribution in [1.29, 1.82) is 0 Å². The molecular formula is C13H18BNO6S. The molecule has 9 heteroatoms. The zero-order valence-electron chi connectivity index (χ0n) is 12.2. The van der Waals surface area contributed by atoms with Crippen LogP contribution in [0.4, 0.5) is 0 Å². The Morgan fingerprint density at radius 2 is 2.00 bits per heavy atom. The molecule has 0 aliphatic heterocycles. The number of carbonyl (C=O) groups is 1. The first-order valence-corrected chi connectivity index (χ1v) is 8.43. The SMILES string of the molecule is CS(=O)(=O)OCC(CC(=O)OCc1ccccc1)NCB=O. The molecule has 1 rings (SSSR count). The van der Waals surface area contributed by atoms with E-state index in [1.54, 1.807) is 0 Å². The number of esters is 1. The summed E-state index contributed by atoms with van der Waals surface area (Å²) in [7, 11) is -3.00. The summed E-state index contributed by atoms with van der Waals surface area (Å²) in [6.45, 7) is -0.111. The Bertz CT molecular complexity index is 577. The van der Waals surface area contributed by atoms with E-state index >= 15 is 0 Å². The van der Waals surface area contributed by atoms with Crippen LogP contribution in [0.1, 0.15) is 12.0 Å². The zero-order chi connectivity index (χ0) is 16.4. The summed E-state index contributed by atoms with van der Waals surface area (Å²) >= 11 is 0. The molecule has 7 nitrogen and oxygen atoms in total. The molecule has 0 heterocycles.